The van der Waals surface area contributed by atoms with Crippen LogP contribution in [0.1, 0.15) is 16.1 Å². The number of nitrogens with zero attached hydrogens (tertiary/aromatic N) is 1. The van der Waals surface area contributed by atoms with Gasteiger partial charge in [0, 0.05) is 10.3 Å². The molecule has 0 aliphatic carbocycles. The predicted molar refractivity (Wildman–Crippen MR) is 81.2 cm³/mol. The second-order valence-corrected chi connectivity index (χ2v) is 5.87. The number of amides is 2. The van der Waals surface area contributed by atoms with Crippen LogP contribution in [0, 0.1) is 6.92 Å². The second kappa shape index (κ2) is 6.53. The fourth-order valence-electron chi connectivity index (χ4n) is 1.50. The van der Waals surface area contributed by atoms with Gasteiger partial charge in [-0.25, -0.2) is 4.98 Å². The number of nitrogens with one attached hydrogen (secondary N) is 1. The monoisotopic (exact) mass is 307 g/mol. The summed E-state index contributed by atoms with van der Waals surface area (Å²) in [5.74, 6) is -0.520. The van der Waals surface area contributed by atoms with Crippen molar-refractivity contribution >= 4 is 40.0 Å². The van der Waals surface area contributed by atoms with Gasteiger partial charge in [-0.3, -0.25) is 14.9 Å². The number of carbonyl (C=O) groups is 2. The lowest BCUT2D eigenvalue weighted by atomic mass is 10.2. The standard InChI is InChI=1S/C13H13N3O2S2/c1-8-6-20-13(15-8)16-12(18)9-4-2-3-5-10(9)19-7-11(14)17/h2-6H,7H2,1H3,(H2,14,17)(H,15,16,18). The zero-order valence-corrected chi connectivity index (χ0v) is 12.4. The molecule has 0 bridgehead atoms. The minimum absolute atomic E-state index is 0.140. The van der Waals surface area contributed by atoms with E-state index >= 15 is 0 Å². The van der Waals surface area contributed by atoms with E-state index in [4.69, 9.17) is 5.73 Å². The molecule has 0 fully saturated rings. The minimum Gasteiger partial charge on any atom is -0.369 e. The Hall–Kier alpha value is -1.86. The lowest BCUT2D eigenvalue weighted by Gasteiger charge is -2.07. The number of hydrogen-bond acceptors (Lipinski definition) is 5. The first-order valence-corrected chi connectivity index (χ1v) is 7.66. The van der Waals surface area contributed by atoms with Crippen LogP contribution in [0.3, 0.4) is 0 Å². The largest absolute Gasteiger partial charge is 0.369 e. The average Bonchev–Trinajstić information content (AvgIpc) is 2.82. The number of benzene rings is 1. The molecule has 0 unspecified atom stereocenters. The topological polar surface area (TPSA) is 85.1 Å². The molecule has 0 atom stereocenters. The molecule has 2 amide bonds. The Morgan fingerprint density at radius 2 is 2.15 bits per heavy atom. The molecule has 0 spiro atoms. The van der Waals surface area contributed by atoms with Gasteiger partial charge in [0.05, 0.1) is 17.0 Å². The maximum atomic E-state index is 12.2. The van der Waals surface area contributed by atoms with Crippen LogP contribution in [-0.2, 0) is 4.79 Å². The Morgan fingerprint density at radius 1 is 1.40 bits per heavy atom. The smallest absolute Gasteiger partial charge is 0.258 e. The summed E-state index contributed by atoms with van der Waals surface area (Å²) < 4.78 is 0. The Bertz CT molecular complexity index is 640. The summed E-state index contributed by atoms with van der Waals surface area (Å²) >= 11 is 2.62. The highest BCUT2D eigenvalue weighted by molar-refractivity contribution is 8.00. The van der Waals surface area contributed by atoms with Gasteiger partial charge in [-0.15, -0.1) is 23.1 Å². The van der Waals surface area contributed by atoms with Gasteiger partial charge in [-0.05, 0) is 19.1 Å². The van der Waals surface area contributed by atoms with Crippen molar-refractivity contribution in [2.45, 2.75) is 11.8 Å². The van der Waals surface area contributed by atoms with Crippen LogP contribution in [0.25, 0.3) is 0 Å². The van der Waals surface area contributed by atoms with E-state index < -0.39 is 5.91 Å². The number of carbonyl (C=O) groups excluding carboxylic acids is 2. The molecule has 2 aromatic rings. The van der Waals surface area contributed by atoms with Crippen molar-refractivity contribution in [1.82, 2.24) is 4.98 Å². The van der Waals surface area contributed by atoms with E-state index in [1.54, 1.807) is 18.2 Å². The van der Waals surface area contributed by atoms with Gasteiger partial charge >= 0.3 is 0 Å². The predicted octanol–water partition coefficient (Wildman–Crippen LogP) is 2.28. The van der Waals surface area contributed by atoms with E-state index in [2.05, 4.69) is 10.3 Å². The molecule has 0 saturated heterocycles. The molecule has 0 aliphatic heterocycles. The molecule has 0 radical (unpaired) electrons. The van der Waals surface area contributed by atoms with Crippen LogP contribution in [0.5, 0.6) is 0 Å². The number of thiazole rings is 1. The Labute approximate surface area is 124 Å². The van der Waals surface area contributed by atoms with Crippen LogP contribution >= 0.6 is 23.1 Å². The summed E-state index contributed by atoms with van der Waals surface area (Å²) in [4.78, 5) is 28.0. The fraction of sp³-hybridized carbons (Fsp3) is 0.154. The van der Waals surface area contributed by atoms with Gasteiger partial charge in [-0.2, -0.15) is 0 Å². The Balaban J connectivity index is 2.14. The molecule has 5 nitrogen and oxygen atoms in total. The number of thioether (sulfide) groups is 1. The number of nitrogens with two attached hydrogens (primary N) is 1. The zero-order valence-electron chi connectivity index (χ0n) is 10.8. The molecule has 104 valence electrons. The summed E-state index contributed by atoms with van der Waals surface area (Å²) in [5.41, 5.74) is 6.49. The van der Waals surface area contributed by atoms with Crippen LogP contribution in [0.15, 0.2) is 34.5 Å². The van der Waals surface area contributed by atoms with Gasteiger partial charge in [0.25, 0.3) is 5.91 Å². The molecule has 1 aromatic carbocycles. The summed E-state index contributed by atoms with van der Waals surface area (Å²) in [5, 5.41) is 5.17. The zero-order chi connectivity index (χ0) is 14.5. The lowest BCUT2D eigenvalue weighted by Crippen LogP contribution is -2.15. The maximum absolute atomic E-state index is 12.2. The first kappa shape index (κ1) is 14.5. The van der Waals surface area contributed by atoms with E-state index in [9.17, 15) is 9.59 Å². The third-order valence-electron chi connectivity index (χ3n) is 2.34. The molecular formula is C13H13N3O2S2. The number of aromatic nitrogens is 1. The fourth-order valence-corrected chi connectivity index (χ4v) is 2.98. The molecule has 7 heteroatoms. The van der Waals surface area contributed by atoms with E-state index in [1.165, 1.54) is 23.1 Å². The van der Waals surface area contributed by atoms with Gasteiger partial charge in [0.1, 0.15) is 0 Å². The van der Waals surface area contributed by atoms with E-state index in [1.807, 2.05) is 18.4 Å². The summed E-state index contributed by atoms with van der Waals surface area (Å²) in [6, 6.07) is 7.08. The van der Waals surface area contributed by atoms with E-state index in [0.29, 0.717) is 10.7 Å². The molecule has 1 aromatic heterocycles. The second-order valence-electron chi connectivity index (χ2n) is 4.00. The molecule has 0 aliphatic rings. The average molecular weight is 307 g/mol. The van der Waals surface area contributed by atoms with Gasteiger partial charge in [-0.1, -0.05) is 12.1 Å². The van der Waals surface area contributed by atoms with Crippen LogP contribution < -0.4 is 11.1 Å². The first-order valence-electron chi connectivity index (χ1n) is 5.80. The molecule has 1 heterocycles. The lowest BCUT2D eigenvalue weighted by molar-refractivity contribution is -0.115. The van der Waals surface area contributed by atoms with Crippen molar-refractivity contribution in [3.05, 3.63) is 40.9 Å². The van der Waals surface area contributed by atoms with Gasteiger partial charge < -0.3 is 5.73 Å². The number of anilines is 1. The van der Waals surface area contributed by atoms with Crippen molar-refractivity contribution in [3.8, 4) is 0 Å². The highest BCUT2D eigenvalue weighted by atomic mass is 32.2. The minimum atomic E-state index is -0.416. The highest BCUT2D eigenvalue weighted by Gasteiger charge is 2.13. The summed E-state index contributed by atoms with van der Waals surface area (Å²) in [6.07, 6.45) is 0. The Morgan fingerprint density at radius 3 is 2.80 bits per heavy atom. The number of hydrogen-bond donors (Lipinski definition) is 2. The summed E-state index contributed by atoms with van der Waals surface area (Å²) in [7, 11) is 0. The summed E-state index contributed by atoms with van der Waals surface area (Å²) in [6.45, 7) is 1.86. The van der Waals surface area contributed by atoms with Crippen molar-refractivity contribution in [2.24, 2.45) is 5.73 Å². The number of aryl methyl sites for hydroxylation is 1. The third kappa shape index (κ3) is 3.82. The van der Waals surface area contributed by atoms with Crippen LogP contribution in [-0.4, -0.2) is 22.6 Å². The first-order chi connectivity index (χ1) is 9.56. The molecular weight excluding hydrogens is 294 g/mol. The molecule has 20 heavy (non-hydrogen) atoms. The highest BCUT2D eigenvalue weighted by Crippen LogP contribution is 2.24. The van der Waals surface area contributed by atoms with E-state index in [0.717, 1.165) is 10.6 Å². The van der Waals surface area contributed by atoms with E-state index in [-0.39, 0.29) is 11.7 Å². The SMILES string of the molecule is Cc1csc(NC(=O)c2ccccc2SCC(N)=O)n1. The van der Waals surface area contributed by atoms with Gasteiger partial charge in [0.2, 0.25) is 5.91 Å². The van der Waals surface area contributed by atoms with Crippen molar-refractivity contribution < 1.29 is 9.59 Å². The number of rotatable bonds is 5. The van der Waals surface area contributed by atoms with Crippen LogP contribution in [0.4, 0.5) is 5.13 Å². The Kier molecular flexibility index (Phi) is 4.75. The van der Waals surface area contributed by atoms with Crippen molar-refractivity contribution in [3.63, 3.8) is 0 Å². The molecule has 2 rings (SSSR count). The quantitative estimate of drug-likeness (QED) is 0.830. The van der Waals surface area contributed by atoms with Crippen molar-refractivity contribution in [2.75, 3.05) is 11.1 Å². The maximum Gasteiger partial charge on any atom is 0.258 e. The van der Waals surface area contributed by atoms with Crippen LogP contribution in [0.2, 0.25) is 0 Å². The third-order valence-corrected chi connectivity index (χ3v) is 4.31. The molecule has 0 saturated carbocycles. The molecule has 3 N–H and O–H groups in total. The normalized spacial score (nSPS) is 10.2. The number of primary amides is 1. The van der Waals surface area contributed by atoms with Gasteiger partial charge in [0.15, 0.2) is 5.13 Å². The van der Waals surface area contributed by atoms with Crippen molar-refractivity contribution in [1.29, 1.82) is 0 Å².